The first-order valence-corrected chi connectivity index (χ1v) is 4.85. The van der Waals surface area contributed by atoms with Crippen molar-refractivity contribution in [2.75, 3.05) is 17.2 Å². The van der Waals surface area contributed by atoms with Gasteiger partial charge < -0.3 is 5.73 Å². The van der Waals surface area contributed by atoms with E-state index in [0.717, 1.165) is 17.7 Å². The topological polar surface area (TPSA) is 46.3 Å². The highest BCUT2D eigenvalue weighted by atomic mass is 16.2. The quantitative estimate of drug-likeness (QED) is 0.505. The van der Waals surface area contributed by atoms with Crippen molar-refractivity contribution in [1.82, 2.24) is 0 Å². The van der Waals surface area contributed by atoms with Crippen LogP contribution in [0.3, 0.4) is 0 Å². The fourth-order valence-corrected chi connectivity index (χ4v) is 1.86. The predicted octanol–water partition coefficient (Wildman–Crippen LogP) is 1.18. The van der Waals surface area contributed by atoms with E-state index in [2.05, 4.69) is 11.8 Å². The first kappa shape index (κ1) is 9.60. The Kier molecular flexibility index (Phi) is 2.34. The van der Waals surface area contributed by atoms with Crippen LogP contribution in [0.15, 0.2) is 18.2 Å². The molecular formula is C12H12N2O. The number of para-hydroxylation sites is 1. The average molecular weight is 200 g/mol. The Bertz CT molecular complexity index is 468. The number of carbonyl (C=O) groups is 1. The van der Waals surface area contributed by atoms with Gasteiger partial charge in [0.15, 0.2) is 0 Å². The molecule has 0 atom stereocenters. The van der Waals surface area contributed by atoms with Gasteiger partial charge in [0.05, 0.1) is 11.4 Å². The fraction of sp³-hybridized carbons (Fsp3) is 0.250. The molecule has 15 heavy (non-hydrogen) atoms. The lowest BCUT2D eigenvalue weighted by Gasteiger charge is -2.15. The number of nitrogen functional groups attached to an aromatic ring is 1. The summed E-state index contributed by atoms with van der Waals surface area (Å²) in [6.45, 7) is 2.33. The molecule has 3 heteroatoms. The van der Waals surface area contributed by atoms with Crippen LogP contribution in [0.1, 0.15) is 12.5 Å². The minimum atomic E-state index is -0.172. The van der Waals surface area contributed by atoms with Crippen LogP contribution in [0, 0.1) is 11.8 Å². The van der Waals surface area contributed by atoms with Crippen molar-refractivity contribution < 1.29 is 4.79 Å². The molecule has 0 saturated carbocycles. The van der Waals surface area contributed by atoms with Crippen molar-refractivity contribution in [2.24, 2.45) is 0 Å². The molecule has 3 nitrogen and oxygen atoms in total. The first-order valence-electron chi connectivity index (χ1n) is 4.85. The second kappa shape index (κ2) is 3.66. The third-order valence-corrected chi connectivity index (χ3v) is 2.50. The maximum atomic E-state index is 11.7. The monoisotopic (exact) mass is 200 g/mol. The lowest BCUT2D eigenvalue weighted by Crippen LogP contribution is -2.27. The molecule has 0 radical (unpaired) electrons. The Morgan fingerprint density at radius 3 is 3.07 bits per heavy atom. The lowest BCUT2D eigenvalue weighted by molar-refractivity contribution is -0.113. The van der Waals surface area contributed by atoms with Gasteiger partial charge in [-0.1, -0.05) is 18.1 Å². The molecule has 1 aliphatic rings. The SMILES string of the molecule is CC#CC(=O)N1CCc2cccc(N)c21. The van der Waals surface area contributed by atoms with Crippen LogP contribution < -0.4 is 10.6 Å². The number of benzene rings is 1. The number of nitrogens with two attached hydrogens (primary N) is 1. The number of anilines is 2. The smallest absolute Gasteiger partial charge is 0.302 e. The Hall–Kier alpha value is -1.95. The summed E-state index contributed by atoms with van der Waals surface area (Å²) in [4.78, 5) is 13.3. The van der Waals surface area contributed by atoms with Crippen LogP contribution in [-0.2, 0) is 11.2 Å². The zero-order chi connectivity index (χ0) is 10.8. The van der Waals surface area contributed by atoms with E-state index in [9.17, 15) is 4.79 Å². The highest BCUT2D eigenvalue weighted by Gasteiger charge is 2.25. The van der Waals surface area contributed by atoms with Crippen LogP contribution in [0.2, 0.25) is 0 Å². The van der Waals surface area contributed by atoms with Gasteiger partial charge in [-0.15, -0.1) is 0 Å². The van der Waals surface area contributed by atoms with E-state index in [1.54, 1.807) is 11.8 Å². The molecule has 2 rings (SSSR count). The zero-order valence-corrected chi connectivity index (χ0v) is 8.58. The molecular weight excluding hydrogens is 188 g/mol. The van der Waals surface area contributed by atoms with E-state index in [-0.39, 0.29) is 5.91 Å². The van der Waals surface area contributed by atoms with Crippen LogP contribution in [0.25, 0.3) is 0 Å². The van der Waals surface area contributed by atoms with E-state index < -0.39 is 0 Å². The molecule has 1 heterocycles. The summed E-state index contributed by atoms with van der Waals surface area (Å²) in [6.07, 6.45) is 0.859. The molecule has 0 fully saturated rings. The van der Waals surface area contributed by atoms with E-state index in [1.165, 1.54) is 0 Å². The fourth-order valence-electron chi connectivity index (χ4n) is 1.86. The van der Waals surface area contributed by atoms with Gasteiger partial charge in [0.1, 0.15) is 0 Å². The van der Waals surface area contributed by atoms with Crippen molar-refractivity contribution in [3.63, 3.8) is 0 Å². The Morgan fingerprint density at radius 2 is 2.33 bits per heavy atom. The van der Waals surface area contributed by atoms with Crippen LogP contribution in [0.4, 0.5) is 11.4 Å². The average Bonchev–Trinajstić information content (AvgIpc) is 2.63. The maximum absolute atomic E-state index is 11.7. The zero-order valence-electron chi connectivity index (χ0n) is 8.58. The third kappa shape index (κ3) is 1.55. The van der Waals surface area contributed by atoms with Gasteiger partial charge in [-0.25, -0.2) is 0 Å². The van der Waals surface area contributed by atoms with Gasteiger partial charge in [-0.3, -0.25) is 9.69 Å². The van der Waals surface area contributed by atoms with E-state index in [1.807, 2.05) is 18.2 Å². The lowest BCUT2D eigenvalue weighted by atomic mass is 10.1. The van der Waals surface area contributed by atoms with Crippen molar-refractivity contribution in [2.45, 2.75) is 13.3 Å². The summed E-state index contributed by atoms with van der Waals surface area (Å²) in [5.41, 5.74) is 8.47. The molecule has 1 aromatic carbocycles. The van der Waals surface area contributed by atoms with Crippen molar-refractivity contribution in [3.8, 4) is 11.8 Å². The van der Waals surface area contributed by atoms with Crippen molar-refractivity contribution >= 4 is 17.3 Å². The number of amides is 1. The molecule has 0 unspecified atom stereocenters. The van der Waals surface area contributed by atoms with Crippen LogP contribution in [0.5, 0.6) is 0 Å². The molecule has 1 aromatic rings. The highest BCUT2D eigenvalue weighted by Crippen LogP contribution is 2.33. The van der Waals surface area contributed by atoms with Gasteiger partial charge in [-0.05, 0) is 30.9 Å². The molecule has 2 N–H and O–H groups in total. The maximum Gasteiger partial charge on any atom is 0.302 e. The normalized spacial score (nSPS) is 13.0. The Morgan fingerprint density at radius 1 is 1.53 bits per heavy atom. The molecule has 0 aromatic heterocycles. The van der Waals surface area contributed by atoms with Gasteiger partial charge in [0, 0.05) is 6.54 Å². The summed E-state index contributed by atoms with van der Waals surface area (Å²) in [6, 6.07) is 5.72. The van der Waals surface area contributed by atoms with Crippen LogP contribution in [-0.4, -0.2) is 12.5 Å². The van der Waals surface area contributed by atoms with Crippen molar-refractivity contribution in [3.05, 3.63) is 23.8 Å². The van der Waals surface area contributed by atoms with Crippen molar-refractivity contribution in [1.29, 1.82) is 0 Å². The largest absolute Gasteiger partial charge is 0.397 e. The molecule has 0 spiro atoms. The van der Waals surface area contributed by atoms with Gasteiger partial charge in [-0.2, -0.15) is 0 Å². The minimum absolute atomic E-state index is 0.172. The van der Waals surface area contributed by atoms with Gasteiger partial charge in [0.2, 0.25) is 0 Å². The van der Waals surface area contributed by atoms with E-state index in [4.69, 9.17) is 5.73 Å². The highest BCUT2D eigenvalue weighted by molar-refractivity contribution is 6.08. The minimum Gasteiger partial charge on any atom is -0.397 e. The summed E-state index contributed by atoms with van der Waals surface area (Å²) < 4.78 is 0. The van der Waals surface area contributed by atoms with E-state index >= 15 is 0 Å². The van der Waals surface area contributed by atoms with Gasteiger partial charge in [0.25, 0.3) is 0 Å². The first-order chi connectivity index (χ1) is 7.24. The van der Waals surface area contributed by atoms with E-state index in [0.29, 0.717) is 12.2 Å². The number of fused-ring (bicyclic) bond motifs is 1. The Labute approximate surface area is 88.9 Å². The summed E-state index contributed by atoms with van der Waals surface area (Å²) in [5.74, 6) is 4.98. The number of rotatable bonds is 0. The van der Waals surface area contributed by atoms with Gasteiger partial charge >= 0.3 is 5.91 Å². The molecule has 76 valence electrons. The molecule has 0 bridgehead atoms. The summed E-state index contributed by atoms with van der Waals surface area (Å²) >= 11 is 0. The standard InChI is InChI=1S/C12H12N2O/c1-2-4-11(15)14-8-7-9-5-3-6-10(13)12(9)14/h3,5-6H,7-8,13H2,1H3. The number of nitrogens with zero attached hydrogens (tertiary/aromatic N) is 1. The summed E-state index contributed by atoms with van der Waals surface area (Å²) in [7, 11) is 0. The predicted molar refractivity (Wildman–Crippen MR) is 60.4 cm³/mol. The number of hydrogen-bond donors (Lipinski definition) is 1. The summed E-state index contributed by atoms with van der Waals surface area (Å²) in [5, 5.41) is 0. The number of carbonyl (C=O) groups excluding carboxylic acids is 1. The second-order valence-electron chi connectivity index (χ2n) is 3.44. The van der Waals surface area contributed by atoms with Crippen LogP contribution >= 0.6 is 0 Å². The molecule has 0 aliphatic carbocycles. The Balaban J connectivity index is 2.42. The molecule has 0 saturated heterocycles. The molecule has 1 amide bonds. The second-order valence-corrected chi connectivity index (χ2v) is 3.44. The number of hydrogen-bond acceptors (Lipinski definition) is 2. The third-order valence-electron chi connectivity index (χ3n) is 2.50. The molecule has 1 aliphatic heterocycles.